The molecule has 1 spiro atoms. The number of carbonyl (C=O) groups excluding carboxylic acids is 1. The molecule has 6 fully saturated rings. The van der Waals surface area contributed by atoms with Crippen molar-refractivity contribution in [1.29, 1.82) is 0 Å². The molecule has 0 aromatic rings. The summed E-state index contributed by atoms with van der Waals surface area (Å²) in [5.41, 5.74) is -1.99. The van der Waals surface area contributed by atoms with Gasteiger partial charge in [-0.25, -0.2) is 4.79 Å². The van der Waals surface area contributed by atoms with E-state index in [9.17, 15) is 24.6 Å². The Kier molecular flexibility index (Phi) is 3.49. The van der Waals surface area contributed by atoms with E-state index in [0.717, 1.165) is 32.1 Å². The van der Waals surface area contributed by atoms with Crippen molar-refractivity contribution in [1.82, 2.24) is 0 Å². The summed E-state index contributed by atoms with van der Waals surface area (Å²) in [5, 5.41) is 19.6. The number of fused-ring (bicyclic) bond motifs is 5. The third-order valence-electron chi connectivity index (χ3n) is 9.50. The summed E-state index contributed by atoms with van der Waals surface area (Å²) >= 11 is 0. The summed E-state index contributed by atoms with van der Waals surface area (Å²) in [6.45, 7) is 2.51. The molecule has 8 atom stereocenters. The molecule has 148 valence electrons. The predicted octanol–water partition coefficient (Wildman–Crippen LogP) is 2.74. The summed E-state index contributed by atoms with van der Waals surface area (Å²) in [5.74, 6) is -1.32. The lowest BCUT2D eigenvalue weighted by atomic mass is 9.41. The molecule has 0 amide bonds. The molecule has 2 bridgehead atoms. The Morgan fingerprint density at radius 2 is 1.85 bits per heavy atom. The van der Waals surface area contributed by atoms with Crippen molar-refractivity contribution in [2.45, 2.75) is 63.9 Å². The summed E-state index contributed by atoms with van der Waals surface area (Å²) in [6, 6.07) is 0. The van der Waals surface area contributed by atoms with Gasteiger partial charge in [0.1, 0.15) is 5.78 Å². The molecular weight excluding hydrogens is 348 g/mol. The number of Topliss-reactive ketones (excluding diaryl/α,β-unsaturated/α-hetero) is 1. The van der Waals surface area contributed by atoms with E-state index >= 15 is 0 Å². The van der Waals surface area contributed by atoms with Crippen molar-refractivity contribution in [3.63, 3.8) is 0 Å². The molecule has 2 saturated heterocycles. The van der Waals surface area contributed by atoms with E-state index < -0.39 is 23.5 Å². The molecule has 6 nitrogen and oxygen atoms in total. The highest BCUT2D eigenvalue weighted by atomic mass is 16.5. The van der Waals surface area contributed by atoms with Crippen molar-refractivity contribution >= 4 is 17.7 Å². The maximum Gasteiger partial charge on any atom is 0.336 e. The fourth-order valence-electron chi connectivity index (χ4n) is 8.13. The Hall–Kier alpha value is -1.43. The summed E-state index contributed by atoms with van der Waals surface area (Å²) in [6.07, 6.45) is 6.17. The van der Waals surface area contributed by atoms with Crippen LogP contribution in [0.3, 0.4) is 0 Å². The van der Waals surface area contributed by atoms with E-state index in [1.54, 1.807) is 0 Å². The fraction of sp³-hybridized carbons (Fsp3) is 0.857. The zero-order valence-corrected chi connectivity index (χ0v) is 15.8. The molecule has 27 heavy (non-hydrogen) atoms. The number of ketones is 1. The van der Waals surface area contributed by atoms with E-state index in [1.807, 2.05) is 0 Å². The zero-order valence-electron chi connectivity index (χ0n) is 15.8. The molecule has 2 aliphatic heterocycles. The first-order valence-corrected chi connectivity index (χ1v) is 10.4. The van der Waals surface area contributed by atoms with E-state index in [4.69, 9.17) is 4.74 Å². The average molecular weight is 376 g/mol. The van der Waals surface area contributed by atoms with Gasteiger partial charge in [0, 0.05) is 17.3 Å². The van der Waals surface area contributed by atoms with Crippen molar-refractivity contribution < 1.29 is 29.3 Å². The number of hydrogen-bond acceptors (Lipinski definition) is 4. The van der Waals surface area contributed by atoms with Gasteiger partial charge in [0.25, 0.3) is 0 Å². The standard InChI is InChI=1S/C21H28O6/c1-19-7-6-14-12(13(19)4-5-16(19)22)3-2-11-8-21(18(25)26)15(17(23)24)9-20(11,14)10-27-21/h11-15H,2-10H2,1H3,(H,23,24)(H,25,26)/t11?,12-,13-,14-,15?,19-,20+,21?/m0/s1. The monoisotopic (exact) mass is 376 g/mol. The van der Waals surface area contributed by atoms with Gasteiger partial charge in [-0.3, -0.25) is 9.59 Å². The molecule has 2 N–H and O–H groups in total. The van der Waals surface area contributed by atoms with Crippen LogP contribution in [-0.2, 0) is 19.1 Å². The second-order valence-electron chi connectivity index (χ2n) is 10.1. The number of rotatable bonds is 2. The molecule has 0 aromatic carbocycles. The van der Waals surface area contributed by atoms with Gasteiger partial charge in [0.15, 0.2) is 5.60 Å². The van der Waals surface area contributed by atoms with Gasteiger partial charge >= 0.3 is 11.9 Å². The van der Waals surface area contributed by atoms with E-state index in [-0.39, 0.29) is 16.7 Å². The zero-order chi connectivity index (χ0) is 19.2. The highest BCUT2D eigenvalue weighted by molar-refractivity contribution is 5.87. The number of carbonyl (C=O) groups is 3. The van der Waals surface area contributed by atoms with Crippen LogP contribution in [0.15, 0.2) is 0 Å². The van der Waals surface area contributed by atoms with Gasteiger partial charge in [-0.05, 0) is 68.6 Å². The van der Waals surface area contributed by atoms with Gasteiger partial charge < -0.3 is 14.9 Å². The van der Waals surface area contributed by atoms with Crippen molar-refractivity contribution in [3.8, 4) is 0 Å². The Balaban J connectivity index is 1.53. The predicted molar refractivity (Wildman–Crippen MR) is 93.9 cm³/mol. The average Bonchev–Trinajstić information content (AvgIpc) is 2.95. The topological polar surface area (TPSA) is 101 Å². The summed E-state index contributed by atoms with van der Waals surface area (Å²) < 4.78 is 5.92. The van der Waals surface area contributed by atoms with Crippen molar-refractivity contribution in [2.24, 2.45) is 40.4 Å². The third kappa shape index (κ3) is 1.98. The van der Waals surface area contributed by atoms with Crippen molar-refractivity contribution in [2.75, 3.05) is 6.61 Å². The highest BCUT2D eigenvalue weighted by Crippen LogP contribution is 2.69. The van der Waals surface area contributed by atoms with Crippen LogP contribution in [-0.4, -0.2) is 40.1 Å². The maximum absolute atomic E-state index is 12.5. The number of carboxylic acid groups (broad SMARTS) is 2. The largest absolute Gasteiger partial charge is 0.481 e. The Morgan fingerprint density at radius 1 is 1.07 bits per heavy atom. The second kappa shape index (κ2) is 5.34. The minimum absolute atomic E-state index is 0.203. The van der Waals surface area contributed by atoms with Crippen LogP contribution in [0.2, 0.25) is 0 Å². The van der Waals surface area contributed by atoms with Gasteiger partial charge in [-0.15, -0.1) is 0 Å². The highest BCUT2D eigenvalue weighted by Gasteiger charge is 2.71. The molecule has 0 radical (unpaired) electrons. The van der Waals surface area contributed by atoms with Crippen LogP contribution in [0.25, 0.3) is 0 Å². The molecule has 4 aliphatic carbocycles. The second-order valence-corrected chi connectivity index (χ2v) is 10.1. The number of hydrogen-bond donors (Lipinski definition) is 2. The number of aliphatic carboxylic acids is 2. The van der Waals surface area contributed by atoms with Crippen LogP contribution in [0.1, 0.15) is 58.3 Å². The van der Waals surface area contributed by atoms with Gasteiger partial charge in [0.05, 0.1) is 12.5 Å². The van der Waals surface area contributed by atoms with E-state index in [0.29, 0.717) is 49.4 Å². The van der Waals surface area contributed by atoms with Gasteiger partial charge in [-0.2, -0.15) is 0 Å². The lowest BCUT2D eigenvalue weighted by Gasteiger charge is -2.66. The van der Waals surface area contributed by atoms with E-state index in [1.165, 1.54) is 0 Å². The third-order valence-corrected chi connectivity index (χ3v) is 9.50. The first-order valence-electron chi connectivity index (χ1n) is 10.4. The molecule has 0 aromatic heterocycles. The molecule has 2 heterocycles. The van der Waals surface area contributed by atoms with Crippen LogP contribution in [0.5, 0.6) is 0 Å². The van der Waals surface area contributed by atoms with E-state index in [2.05, 4.69) is 6.92 Å². The lowest BCUT2D eigenvalue weighted by molar-refractivity contribution is -0.279. The molecule has 3 unspecified atom stereocenters. The molecular formula is C21H28O6. The van der Waals surface area contributed by atoms with Crippen molar-refractivity contribution in [3.05, 3.63) is 0 Å². The van der Waals surface area contributed by atoms with Crippen LogP contribution in [0.4, 0.5) is 0 Å². The molecule has 6 heteroatoms. The molecule has 6 aliphatic rings. The maximum atomic E-state index is 12.5. The minimum atomic E-state index is -1.56. The quantitative estimate of drug-likeness (QED) is 0.768. The van der Waals surface area contributed by atoms with Gasteiger partial charge in [-0.1, -0.05) is 6.92 Å². The van der Waals surface area contributed by atoms with Gasteiger partial charge in [0.2, 0.25) is 0 Å². The van der Waals surface area contributed by atoms with Crippen LogP contribution >= 0.6 is 0 Å². The SMILES string of the molecule is C[C@]12CC[C@H]3[C@@H](CCC4CC5(C(=O)O)OC[C@]43CC5C(=O)O)[C@@H]1CCC2=O. The summed E-state index contributed by atoms with van der Waals surface area (Å²) in [7, 11) is 0. The first-order chi connectivity index (χ1) is 12.7. The lowest BCUT2D eigenvalue weighted by Crippen LogP contribution is -2.70. The Morgan fingerprint density at radius 3 is 2.56 bits per heavy atom. The molecule has 6 rings (SSSR count). The number of ether oxygens (including phenoxy) is 1. The first kappa shape index (κ1) is 17.7. The van der Waals surface area contributed by atoms with Crippen LogP contribution in [0, 0.1) is 40.4 Å². The Labute approximate surface area is 158 Å². The Bertz CT molecular complexity index is 732. The number of carboxylic acids is 2. The van der Waals surface area contributed by atoms with Crippen LogP contribution < -0.4 is 0 Å². The fourth-order valence-corrected chi connectivity index (χ4v) is 8.13. The minimum Gasteiger partial charge on any atom is -0.481 e. The normalized spacial score (nSPS) is 53.4. The molecule has 4 saturated carbocycles. The smallest absolute Gasteiger partial charge is 0.336 e. The summed E-state index contributed by atoms with van der Waals surface area (Å²) in [4.78, 5) is 36.5.